The Hall–Kier alpha value is -0.610. The van der Waals surface area contributed by atoms with Crippen molar-refractivity contribution in [1.29, 1.82) is 0 Å². The van der Waals surface area contributed by atoms with Crippen molar-refractivity contribution >= 4 is 5.91 Å². The standard InChI is InChI=1S/C12H26N2O2/c1-12(2,16-3)10-11(15)14-9-7-5-4-6-8-13/h4-10,13H2,1-3H3,(H,14,15). The van der Waals surface area contributed by atoms with Crippen LogP contribution < -0.4 is 11.1 Å². The van der Waals surface area contributed by atoms with E-state index in [1.165, 1.54) is 0 Å². The molecule has 0 unspecified atom stereocenters. The van der Waals surface area contributed by atoms with Crippen molar-refractivity contribution in [3.05, 3.63) is 0 Å². The zero-order valence-electron chi connectivity index (χ0n) is 10.8. The second-order valence-electron chi connectivity index (χ2n) is 4.69. The van der Waals surface area contributed by atoms with Gasteiger partial charge in [-0.2, -0.15) is 0 Å². The van der Waals surface area contributed by atoms with Gasteiger partial charge in [0.15, 0.2) is 0 Å². The highest BCUT2D eigenvalue weighted by atomic mass is 16.5. The Morgan fingerprint density at radius 3 is 2.44 bits per heavy atom. The Morgan fingerprint density at radius 2 is 1.88 bits per heavy atom. The van der Waals surface area contributed by atoms with Gasteiger partial charge in [-0.1, -0.05) is 12.8 Å². The molecule has 0 aromatic heterocycles. The maximum Gasteiger partial charge on any atom is 0.222 e. The van der Waals surface area contributed by atoms with Gasteiger partial charge in [-0.15, -0.1) is 0 Å². The van der Waals surface area contributed by atoms with Gasteiger partial charge in [0.25, 0.3) is 0 Å². The van der Waals surface area contributed by atoms with Gasteiger partial charge in [0, 0.05) is 13.7 Å². The first kappa shape index (κ1) is 15.4. The molecule has 3 N–H and O–H groups in total. The van der Waals surface area contributed by atoms with E-state index >= 15 is 0 Å². The lowest BCUT2D eigenvalue weighted by Crippen LogP contribution is -2.34. The zero-order valence-corrected chi connectivity index (χ0v) is 10.8. The Kier molecular flexibility index (Phi) is 8.21. The van der Waals surface area contributed by atoms with Crippen LogP contribution in [0.15, 0.2) is 0 Å². The third-order valence-corrected chi connectivity index (χ3v) is 2.59. The highest BCUT2D eigenvalue weighted by Gasteiger charge is 2.20. The molecule has 1 amide bonds. The molecule has 0 saturated heterocycles. The lowest BCUT2D eigenvalue weighted by Gasteiger charge is -2.21. The van der Waals surface area contributed by atoms with E-state index in [2.05, 4.69) is 5.32 Å². The predicted octanol–water partition coefficient (Wildman–Crippen LogP) is 1.44. The molecule has 0 bridgehead atoms. The minimum absolute atomic E-state index is 0.0608. The average molecular weight is 230 g/mol. The first-order chi connectivity index (χ1) is 7.52. The zero-order chi connectivity index (χ0) is 12.4. The van der Waals surface area contributed by atoms with E-state index < -0.39 is 0 Å². The molecule has 0 rings (SSSR count). The molecule has 0 aromatic carbocycles. The summed E-state index contributed by atoms with van der Waals surface area (Å²) in [6.07, 6.45) is 4.79. The minimum atomic E-state index is -0.371. The molecular formula is C12H26N2O2. The number of carbonyl (C=O) groups excluding carboxylic acids is 1. The number of unbranched alkanes of at least 4 members (excludes halogenated alkanes) is 3. The largest absolute Gasteiger partial charge is 0.378 e. The van der Waals surface area contributed by atoms with Crippen LogP contribution in [0.1, 0.15) is 46.0 Å². The van der Waals surface area contributed by atoms with Crippen LogP contribution in [0.25, 0.3) is 0 Å². The molecule has 0 saturated carbocycles. The van der Waals surface area contributed by atoms with E-state index in [-0.39, 0.29) is 11.5 Å². The van der Waals surface area contributed by atoms with Gasteiger partial charge in [0.2, 0.25) is 5.91 Å². The number of nitrogens with one attached hydrogen (secondary N) is 1. The molecule has 0 atom stereocenters. The fourth-order valence-corrected chi connectivity index (χ4v) is 1.37. The predicted molar refractivity (Wildman–Crippen MR) is 66.2 cm³/mol. The van der Waals surface area contributed by atoms with Crippen LogP contribution >= 0.6 is 0 Å². The van der Waals surface area contributed by atoms with Crippen LogP contribution in [0, 0.1) is 0 Å². The van der Waals surface area contributed by atoms with Crippen molar-refractivity contribution in [3.63, 3.8) is 0 Å². The normalized spacial score (nSPS) is 11.5. The molecule has 16 heavy (non-hydrogen) atoms. The maximum atomic E-state index is 11.5. The Labute approximate surface area is 98.9 Å². The minimum Gasteiger partial charge on any atom is -0.378 e. The van der Waals surface area contributed by atoms with Gasteiger partial charge >= 0.3 is 0 Å². The second-order valence-corrected chi connectivity index (χ2v) is 4.69. The molecule has 0 spiro atoms. The SMILES string of the molecule is COC(C)(C)CC(=O)NCCCCCCN. The molecule has 0 aliphatic carbocycles. The van der Waals surface area contributed by atoms with Crippen molar-refractivity contribution in [2.75, 3.05) is 20.2 Å². The first-order valence-corrected chi connectivity index (χ1v) is 6.04. The number of rotatable bonds is 9. The lowest BCUT2D eigenvalue weighted by atomic mass is 10.0. The monoisotopic (exact) mass is 230 g/mol. The van der Waals surface area contributed by atoms with E-state index in [1.54, 1.807) is 7.11 Å². The van der Waals surface area contributed by atoms with Crippen LogP contribution in [0.5, 0.6) is 0 Å². The summed E-state index contributed by atoms with van der Waals surface area (Å²) in [6, 6.07) is 0. The summed E-state index contributed by atoms with van der Waals surface area (Å²) < 4.78 is 5.19. The van der Waals surface area contributed by atoms with Gasteiger partial charge in [-0.05, 0) is 33.2 Å². The fourth-order valence-electron chi connectivity index (χ4n) is 1.37. The van der Waals surface area contributed by atoms with Crippen molar-refractivity contribution in [1.82, 2.24) is 5.32 Å². The van der Waals surface area contributed by atoms with Gasteiger partial charge in [-0.25, -0.2) is 0 Å². The maximum absolute atomic E-state index is 11.5. The molecular weight excluding hydrogens is 204 g/mol. The fraction of sp³-hybridized carbons (Fsp3) is 0.917. The van der Waals surface area contributed by atoms with E-state index in [0.717, 1.165) is 38.8 Å². The number of carbonyl (C=O) groups is 1. The van der Waals surface area contributed by atoms with Crippen molar-refractivity contribution < 1.29 is 9.53 Å². The number of hydrogen-bond acceptors (Lipinski definition) is 3. The lowest BCUT2D eigenvalue weighted by molar-refractivity contribution is -0.126. The molecule has 96 valence electrons. The Bertz CT molecular complexity index is 193. The summed E-state index contributed by atoms with van der Waals surface area (Å²) >= 11 is 0. The molecule has 4 heteroatoms. The molecule has 0 radical (unpaired) electrons. The molecule has 4 nitrogen and oxygen atoms in total. The van der Waals surface area contributed by atoms with Crippen molar-refractivity contribution in [2.24, 2.45) is 5.73 Å². The molecule has 0 aromatic rings. The average Bonchev–Trinajstić information content (AvgIpc) is 2.22. The summed E-state index contributed by atoms with van der Waals surface area (Å²) in [7, 11) is 1.63. The summed E-state index contributed by atoms with van der Waals surface area (Å²) in [5.41, 5.74) is 5.02. The third-order valence-electron chi connectivity index (χ3n) is 2.59. The van der Waals surface area contributed by atoms with Crippen LogP contribution in [-0.4, -0.2) is 31.7 Å². The van der Waals surface area contributed by atoms with E-state index in [4.69, 9.17) is 10.5 Å². The quantitative estimate of drug-likeness (QED) is 0.589. The molecule has 0 aliphatic heterocycles. The van der Waals surface area contributed by atoms with Crippen LogP contribution in [0.4, 0.5) is 0 Å². The number of ether oxygens (including phenoxy) is 1. The summed E-state index contributed by atoms with van der Waals surface area (Å²) in [4.78, 5) is 11.5. The number of methoxy groups -OCH3 is 1. The van der Waals surface area contributed by atoms with Gasteiger partial charge in [-0.3, -0.25) is 4.79 Å². The summed E-state index contributed by atoms with van der Waals surface area (Å²) in [6.45, 7) is 5.33. The van der Waals surface area contributed by atoms with Crippen LogP contribution in [0.2, 0.25) is 0 Å². The molecule has 0 heterocycles. The highest BCUT2D eigenvalue weighted by Crippen LogP contribution is 2.12. The molecule has 0 aliphatic rings. The first-order valence-electron chi connectivity index (χ1n) is 6.04. The van der Waals surface area contributed by atoms with Gasteiger partial charge < -0.3 is 15.8 Å². The van der Waals surface area contributed by atoms with Crippen molar-refractivity contribution in [2.45, 2.75) is 51.6 Å². The molecule has 0 fully saturated rings. The van der Waals surface area contributed by atoms with Crippen LogP contribution in [-0.2, 0) is 9.53 Å². The third kappa shape index (κ3) is 8.68. The highest BCUT2D eigenvalue weighted by molar-refractivity contribution is 5.76. The topological polar surface area (TPSA) is 64.3 Å². The number of nitrogens with two attached hydrogens (primary N) is 1. The van der Waals surface area contributed by atoms with E-state index in [1.807, 2.05) is 13.8 Å². The Balaban J connectivity index is 3.44. The summed E-state index contributed by atoms with van der Waals surface area (Å²) in [5.74, 6) is 0.0608. The van der Waals surface area contributed by atoms with E-state index in [9.17, 15) is 4.79 Å². The van der Waals surface area contributed by atoms with Crippen molar-refractivity contribution in [3.8, 4) is 0 Å². The van der Waals surface area contributed by atoms with E-state index in [0.29, 0.717) is 6.42 Å². The number of amides is 1. The second kappa shape index (κ2) is 8.53. The van der Waals surface area contributed by atoms with Crippen LogP contribution in [0.3, 0.4) is 0 Å². The smallest absolute Gasteiger partial charge is 0.222 e. The Morgan fingerprint density at radius 1 is 1.25 bits per heavy atom. The number of hydrogen-bond donors (Lipinski definition) is 2. The van der Waals surface area contributed by atoms with Gasteiger partial charge in [0.1, 0.15) is 0 Å². The van der Waals surface area contributed by atoms with Gasteiger partial charge in [0.05, 0.1) is 12.0 Å². The summed E-state index contributed by atoms with van der Waals surface area (Å²) in [5, 5.41) is 2.90.